The van der Waals surface area contributed by atoms with E-state index in [0.29, 0.717) is 37.7 Å². The number of hydrogen-bond donors (Lipinski definition) is 0. The minimum absolute atomic E-state index is 0.272. The number of aryl methyl sites for hydroxylation is 1. The van der Waals surface area contributed by atoms with Crippen LogP contribution in [0.3, 0.4) is 0 Å². The number of esters is 1. The van der Waals surface area contributed by atoms with E-state index in [-0.39, 0.29) is 5.56 Å². The minimum atomic E-state index is -0.697. The van der Waals surface area contributed by atoms with Gasteiger partial charge in [-0.3, -0.25) is 14.0 Å². The van der Waals surface area contributed by atoms with Crippen molar-refractivity contribution < 1.29 is 19.0 Å². The third kappa shape index (κ3) is 3.66. The average Bonchev–Trinajstić information content (AvgIpc) is 3.30. The molecule has 0 bridgehead atoms. The number of carbonyl (C=O) groups is 1. The molecule has 1 aliphatic heterocycles. The van der Waals surface area contributed by atoms with E-state index in [1.807, 2.05) is 26.1 Å². The summed E-state index contributed by atoms with van der Waals surface area (Å²) in [5.41, 5.74) is 2.80. The van der Waals surface area contributed by atoms with Crippen molar-refractivity contribution in [2.75, 3.05) is 21.3 Å². The summed E-state index contributed by atoms with van der Waals surface area (Å²) >= 11 is 1.24. The van der Waals surface area contributed by atoms with Crippen molar-refractivity contribution in [3.8, 4) is 11.5 Å². The summed E-state index contributed by atoms with van der Waals surface area (Å²) in [5.74, 6) is 0.553. The molecule has 0 saturated heterocycles. The van der Waals surface area contributed by atoms with Crippen LogP contribution in [-0.2, 0) is 16.6 Å². The summed E-state index contributed by atoms with van der Waals surface area (Å²) in [7, 11) is 6.23. The van der Waals surface area contributed by atoms with E-state index in [9.17, 15) is 9.59 Å². The quantitative estimate of drug-likeness (QED) is 0.526. The number of aromatic nitrogens is 3. The van der Waals surface area contributed by atoms with Gasteiger partial charge in [0.2, 0.25) is 0 Å². The van der Waals surface area contributed by atoms with E-state index in [1.54, 1.807) is 44.2 Å². The van der Waals surface area contributed by atoms with Crippen molar-refractivity contribution in [2.45, 2.75) is 19.9 Å². The number of nitrogens with zero attached hydrogens (tertiary/aromatic N) is 4. The van der Waals surface area contributed by atoms with Crippen molar-refractivity contribution in [1.29, 1.82) is 0 Å². The Morgan fingerprint density at radius 1 is 1.18 bits per heavy atom. The van der Waals surface area contributed by atoms with Crippen LogP contribution in [0.15, 0.2) is 45.5 Å². The zero-order valence-corrected chi connectivity index (χ0v) is 20.0. The highest BCUT2D eigenvalue weighted by Gasteiger charge is 2.35. The number of ether oxygens (including phenoxy) is 3. The molecule has 0 spiro atoms. The third-order valence-corrected chi connectivity index (χ3v) is 6.70. The van der Waals surface area contributed by atoms with Crippen LogP contribution in [0.4, 0.5) is 0 Å². The third-order valence-electron chi connectivity index (χ3n) is 5.71. The fraction of sp³-hybridized carbons (Fsp3) is 0.304. The molecule has 33 heavy (non-hydrogen) atoms. The number of para-hydroxylation sites is 1. The zero-order valence-electron chi connectivity index (χ0n) is 19.2. The van der Waals surface area contributed by atoms with Crippen molar-refractivity contribution in [2.24, 2.45) is 12.0 Å². The van der Waals surface area contributed by atoms with Gasteiger partial charge in [0, 0.05) is 23.9 Å². The molecular formula is C23H24N4O5S. The second kappa shape index (κ2) is 8.70. The molecule has 0 saturated carbocycles. The standard InChI is InChI=1S/C23H24N4O5S/c1-12-18(22(29)32-6)19(15-11-24-26(3)13(15)2)27-21(28)17(33-23(27)25-12)10-14-8-7-9-16(30-4)20(14)31-5/h7-11,19H,1-6H3/b17-10+. The predicted octanol–water partition coefficient (Wildman–Crippen LogP) is 1.47. The van der Waals surface area contributed by atoms with Crippen LogP contribution in [0.2, 0.25) is 0 Å². The minimum Gasteiger partial charge on any atom is -0.493 e. The average molecular weight is 469 g/mol. The first kappa shape index (κ1) is 22.5. The van der Waals surface area contributed by atoms with Crippen molar-refractivity contribution in [1.82, 2.24) is 14.3 Å². The largest absolute Gasteiger partial charge is 0.493 e. The van der Waals surface area contributed by atoms with Crippen LogP contribution >= 0.6 is 11.3 Å². The van der Waals surface area contributed by atoms with Crippen LogP contribution in [0.25, 0.3) is 6.08 Å². The van der Waals surface area contributed by atoms with Gasteiger partial charge in [0.1, 0.15) is 6.04 Å². The molecule has 3 heterocycles. The van der Waals surface area contributed by atoms with Gasteiger partial charge in [0.25, 0.3) is 5.56 Å². The van der Waals surface area contributed by atoms with Gasteiger partial charge in [-0.05, 0) is 26.0 Å². The summed E-state index contributed by atoms with van der Waals surface area (Å²) in [6, 6.07) is 4.75. The molecule has 3 aromatic rings. The number of benzene rings is 1. The molecule has 1 unspecified atom stereocenters. The molecule has 2 aromatic heterocycles. The lowest BCUT2D eigenvalue weighted by Gasteiger charge is -2.23. The van der Waals surface area contributed by atoms with Crippen LogP contribution in [0.1, 0.15) is 29.8 Å². The molecule has 172 valence electrons. The highest BCUT2D eigenvalue weighted by Crippen LogP contribution is 2.33. The number of rotatable bonds is 5. The normalized spacial score (nSPS) is 15.8. The van der Waals surface area contributed by atoms with Gasteiger partial charge in [-0.25, -0.2) is 9.79 Å². The SMILES string of the molecule is COC(=O)C1=C(C)N=c2s/c(=C/c3cccc(OC)c3OC)c(=O)n2C1c1cnn(C)c1C. The summed E-state index contributed by atoms with van der Waals surface area (Å²) in [5, 5.41) is 4.32. The molecule has 4 rings (SSSR count). The smallest absolute Gasteiger partial charge is 0.338 e. The van der Waals surface area contributed by atoms with Gasteiger partial charge in [-0.1, -0.05) is 23.5 Å². The number of hydrogen-bond acceptors (Lipinski definition) is 8. The van der Waals surface area contributed by atoms with Gasteiger partial charge < -0.3 is 14.2 Å². The number of allylic oxidation sites excluding steroid dienone is 1. The first-order valence-corrected chi connectivity index (χ1v) is 10.9. The Labute approximate surface area is 193 Å². The molecule has 0 radical (unpaired) electrons. The van der Waals surface area contributed by atoms with Gasteiger partial charge in [-0.2, -0.15) is 5.10 Å². The highest BCUT2D eigenvalue weighted by atomic mass is 32.1. The van der Waals surface area contributed by atoms with Crippen LogP contribution in [0.5, 0.6) is 11.5 Å². The molecule has 0 N–H and O–H groups in total. The van der Waals surface area contributed by atoms with E-state index >= 15 is 0 Å². The second-order valence-corrected chi connectivity index (χ2v) is 8.47. The van der Waals surface area contributed by atoms with Gasteiger partial charge in [-0.15, -0.1) is 0 Å². The molecule has 1 atom stereocenters. The molecule has 1 aromatic carbocycles. The molecule has 0 amide bonds. The van der Waals surface area contributed by atoms with E-state index in [4.69, 9.17) is 14.2 Å². The number of methoxy groups -OCH3 is 3. The topological polar surface area (TPSA) is 96.9 Å². The zero-order chi connectivity index (χ0) is 23.9. The summed E-state index contributed by atoms with van der Waals surface area (Å²) < 4.78 is 19.6. The Balaban J connectivity index is 2.01. The van der Waals surface area contributed by atoms with Crippen LogP contribution < -0.4 is 24.4 Å². The lowest BCUT2D eigenvalue weighted by Crippen LogP contribution is -2.40. The maximum Gasteiger partial charge on any atom is 0.338 e. The number of carbonyl (C=O) groups excluding carboxylic acids is 1. The maximum atomic E-state index is 13.6. The van der Waals surface area contributed by atoms with E-state index < -0.39 is 12.0 Å². The fourth-order valence-corrected chi connectivity index (χ4v) is 4.98. The summed E-state index contributed by atoms with van der Waals surface area (Å²) in [6.07, 6.45) is 3.42. The Kier molecular flexibility index (Phi) is 5.94. The fourth-order valence-electron chi connectivity index (χ4n) is 3.94. The van der Waals surface area contributed by atoms with E-state index in [0.717, 1.165) is 11.3 Å². The second-order valence-electron chi connectivity index (χ2n) is 7.47. The highest BCUT2D eigenvalue weighted by molar-refractivity contribution is 7.07. The van der Waals surface area contributed by atoms with E-state index in [2.05, 4.69) is 10.1 Å². The molecular weight excluding hydrogens is 444 g/mol. The Morgan fingerprint density at radius 2 is 1.94 bits per heavy atom. The molecule has 0 aliphatic carbocycles. The Morgan fingerprint density at radius 3 is 2.55 bits per heavy atom. The molecule has 9 nitrogen and oxygen atoms in total. The van der Waals surface area contributed by atoms with Crippen LogP contribution in [-0.4, -0.2) is 41.6 Å². The first-order valence-electron chi connectivity index (χ1n) is 10.1. The van der Waals surface area contributed by atoms with Gasteiger partial charge in [0.15, 0.2) is 16.3 Å². The summed E-state index contributed by atoms with van der Waals surface area (Å²) in [4.78, 5) is 31.4. The monoisotopic (exact) mass is 468 g/mol. The van der Waals surface area contributed by atoms with Gasteiger partial charge in [0.05, 0.1) is 43.3 Å². The lowest BCUT2D eigenvalue weighted by atomic mass is 9.96. The number of fused-ring (bicyclic) bond motifs is 1. The Hall–Kier alpha value is -3.66. The Bertz CT molecular complexity index is 1460. The number of thiazole rings is 1. The van der Waals surface area contributed by atoms with Gasteiger partial charge >= 0.3 is 5.97 Å². The summed E-state index contributed by atoms with van der Waals surface area (Å²) in [6.45, 7) is 3.64. The molecule has 0 fully saturated rings. The van der Waals surface area contributed by atoms with Crippen LogP contribution in [0, 0.1) is 6.92 Å². The predicted molar refractivity (Wildman–Crippen MR) is 123 cm³/mol. The first-order chi connectivity index (χ1) is 15.8. The van der Waals surface area contributed by atoms with Crippen molar-refractivity contribution in [3.63, 3.8) is 0 Å². The van der Waals surface area contributed by atoms with Crippen molar-refractivity contribution in [3.05, 3.63) is 72.2 Å². The lowest BCUT2D eigenvalue weighted by molar-refractivity contribution is -0.136. The maximum absolute atomic E-state index is 13.6. The van der Waals surface area contributed by atoms with Crippen molar-refractivity contribution >= 4 is 23.4 Å². The molecule has 1 aliphatic rings. The van der Waals surface area contributed by atoms with E-state index in [1.165, 1.54) is 23.0 Å². The molecule has 10 heteroatoms.